The van der Waals surface area contributed by atoms with E-state index in [1.807, 2.05) is 41.3 Å². The summed E-state index contributed by atoms with van der Waals surface area (Å²) in [5.74, 6) is 1.08. The summed E-state index contributed by atoms with van der Waals surface area (Å²) in [6.07, 6.45) is 4.37. The third kappa shape index (κ3) is 5.38. The molecular formula is C29H32N4O2. The predicted molar refractivity (Wildman–Crippen MR) is 138 cm³/mol. The normalized spacial score (nSPS) is 14.7. The van der Waals surface area contributed by atoms with E-state index in [0.717, 1.165) is 73.8 Å². The lowest BCUT2D eigenvalue weighted by Crippen LogP contribution is -2.35. The molecule has 0 aliphatic carbocycles. The van der Waals surface area contributed by atoms with Crippen LogP contribution in [-0.4, -0.2) is 58.4 Å². The Morgan fingerprint density at radius 2 is 1.71 bits per heavy atom. The smallest absolute Gasteiger partial charge is 0.222 e. The number of aromatic nitrogens is 2. The van der Waals surface area contributed by atoms with Gasteiger partial charge in [0.15, 0.2) is 0 Å². The molecule has 6 heteroatoms. The number of nitrogens with zero attached hydrogens (tertiary/aromatic N) is 4. The third-order valence-electron chi connectivity index (χ3n) is 6.78. The van der Waals surface area contributed by atoms with Crippen molar-refractivity contribution >= 4 is 11.6 Å². The van der Waals surface area contributed by atoms with E-state index in [4.69, 9.17) is 9.72 Å². The number of hydrogen-bond acceptors (Lipinski definition) is 4. The Balaban J connectivity index is 1.24. The van der Waals surface area contributed by atoms with Crippen LogP contribution in [0.3, 0.4) is 0 Å². The first kappa shape index (κ1) is 23.1. The second-order valence-corrected chi connectivity index (χ2v) is 9.06. The largest absolute Gasteiger partial charge is 0.497 e. The van der Waals surface area contributed by atoms with Crippen molar-refractivity contribution in [1.29, 1.82) is 0 Å². The number of fused-ring (bicyclic) bond motifs is 1. The fourth-order valence-electron chi connectivity index (χ4n) is 4.82. The van der Waals surface area contributed by atoms with Gasteiger partial charge < -0.3 is 14.0 Å². The van der Waals surface area contributed by atoms with Gasteiger partial charge in [0.25, 0.3) is 0 Å². The van der Waals surface area contributed by atoms with Crippen LogP contribution in [0.2, 0.25) is 0 Å². The Morgan fingerprint density at radius 3 is 2.51 bits per heavy atom. The van der Waals surface area contributed by atoms with Crippen molar-refractivity contribution in [3.63, 3.8) is 0 Å². The fourth-order valence-corrected chi connectivity index (χ4v) is 4.82. The van der Waals surface area contributed by atoms with Crippen LogP contribution in [0.4, 0.5) is 0 Å². The van der Waals surface area contributed by atoms with Gasteiger partial charge >= 0.3 is 0 Å². The zero-order chi connectivity index (χ0) is 24.0. The second kappa shape index (κ2) is 10.7. The number of ether oxygens (including phenoxy) is 1. The molecule has 6 nitrogen and oxygen atoms in total. The Kier molecular flexibility index (Phi) is 7.09. The molecule has 0 atom stereocenters. The Labute approximate surface area is 206 Å². The van der Waals surface area contributed by atoms with E-state index in [9.17, 15) is 4.79 Å². The molecule has 0 saturated carbocycles. The topological polar surface area (TPSA) is 50.1 Å². The first-order chi connectivity index (χ1) is 17.2. The predicted octanol–water partition coefficient (Wildman–Crippen LogP) is 4.68. The molecule has 4 aromatic rings. The molecule has 0 bridgehead atoms. The fraction of sp³-hybridized carbons (Fsp3) is 0.310. The number of hydrogen-bond donors (Lipinski definition) is 0. The number of amides is 1. The van der Waals surface area contributed by atoms with Crippen LogP contribution < -0.4 is 4.74 Å². The highest BCUT2D eigenvalue weighted by molar-refractivity contribution is 5.76. The molecule has 0 spiro atoms. The van der Waals surface area contributed by atoms with Gasteiger partial charge in [0.05, 0.1) is 18.5 Å². The quantitative estimate of drug-likeness (QED) is 0.395. The molecule has 1 amide bonds. The zero-order valence-electron chi connectivity index (χ0n) is 20.3. The number of carbonyl (C=O) groups is 1. The number of pyridine rings is 1. The summed E-state index contributed by atoms with van der Waals surface area (Å²) in [4.78, 5) is 22.4. The average molecular weight is 469 g/mol. The molecule has 5 rings (SSSR count). The number of aryl methyl sites for hydroxylation is 1. The number of rotatable bonds is 7. The van der Waals surface area contributed by atoms with Gasteiger partial charge in [-0.05, 0) is 42.7 Å². The molecule has 0 N–H and O–H groups in total. The minimum Gasteiger partial charge on any atom is -0.497 e. The Morgan fingerprint density at radius 1 is 0.914 bits per heavy atom. The molecule has 1 saturated heterocycles. The van der Waals surface area contributed by atoms with Gasteiger partial charge in [-0.25, -0.2) is 4.98 Å². The summed E-state index contributed by atoms with van der Waals surface area (Å²) in [5.41, 5.74) is 5.50. The molecular weight excluding hydrogens is 436 g/mol. The summed E-state index contributed by atoms with van der Waals surface area (Å²) >= 11 is 0. The minimum absolute atomic E-state index is 0.238. The molecule has 35 heavy (non-hydrogen) atoms. The van der Waals surface area contributed by atoms with Crippen LogP contribution in [0.1, 0.15) is 24.1 Å². The molecule has 1 fully saturated rings. The van der Waals surface area contributed by atoms with E-state index >= 15 is 0 Å². The maximum atomic E-state index is 13.0. The summed E-state index contributed by atoms with van der Waals surface area (Å²) in [6.45, 7) is 4.22. The van der Waals surface area contributed by atoms with Crippen LogP contribution >= 0.6 is 0 Å². The van der Waals surface area contributed by atoms with Crippen LogP contribution in [-0.2, 0) is 17.8 Å². The van der Waals surface area contributed by atoms with Gasteiger partial charge in [-0.3, -0.25) is 9.69 Å². The highest BCUT2D eigenvalue weighted by atomic mass is 16.5. The first-order valence-corrected chi connectivity index (χ1v) is 12.4. The molecule has 1 aliphatic heterocycles. The minimum atomic E-state index is 0.238. The number of imidazole rings is 1. The van der Waals surface area contributed by atoms with Crippen LogP contribution in [0, 0.1) is 0 Å². The number of carbonyl (C=O) groups excluding carboxylic acids is 1. The highest BCUT2D eigenvalue weighted by Gasteiger charge is 2.22. The summed E-state index contributed by atoms with van der Waals surface area (Å²) in [5, 5.41) is 0. The van der Waals surface area contributed by atoms with Gasteiger partial charge in [0, 0.05) is 50.9 Å². The van der Waals surface area contributed by atoms with Crippen molar-refractivity contribution in [2.24, 2.45) is 0 Å². The van der Waals surface area contributed by atoms with E-state index in [1.165, 1.54) is 5.69 Å². The molecule has 2 aromatic carbocycles. The number of methoxy groups -OCH3 is 1. The standard InChI is InChI=1S/C29H32N4O2/c1-35-25-14-11-23(12-15-25)13-16-28(34)32-18-7-17-31(20-21-32)22-26-29(24-8-3-2-4-9-24)30-27-10-5-6-19-33(26)27/h2-6,8-12,14-15,19H,7,13,16-18,20-22H2,1H3. The number of benzene rings is 2. The molecule has 0 radical (unpaired) electrons. The van der Waals surface area contributed by atoms with E-state index in [-0.39, 0.29) is 5.91 Å². The van der Waals surface area contributed by atoms with E-state index in [1.54, 1.807) is 7.11 Å². The SMILES string of the molecule is COc1ccc(CCC(=O)N2CCCN(Cc3c(-c4ccccc4)nc4ccccn34)CC2)cc1. The van der Waals surface area contributed by atoms with Crippen molar-refractivity contribution < 1.29 is 9.53 Å². The average Bonchev–Trinajstić information content (AvgIpc) is 3.10. The Bertz CT molecular complexity index is 1270. The molecule has 2 aromatic heterocycles. The van der Waals surface area contributed by atoms with Gasteiger partial charge in [0.2, 0.25) is 5.91 Å². The zero-order valence-corrected chi connectivity index (χ0v) is 20.3. The van der Waals surface area contributed by atoms with Crippen molar-refractivity contribution in [2.75, 3.05) is 33.3 Å². The summed E-state index contributed by atoms with van der Waals surface area (Å²) in [6, 6.07) is 24.5. The molecule has 0 unspecified atom stereocenters. The second-order valence-electron chi connectivity index (χ2n) is 9.06. The highest BCUT2D eigenvalue weighted by Crippen LogP contribution is 2.26. The van der Waals surface area contributed by atoms with Gasteiger partial charge in [-0.2, -0.15) is 0 Å². The van der Waals surface area contributed by atoms with Crippen molar-refractivity contribution in [3.8, 4) is 17.0 Å². The van der Waals surface area contributed by atoms with E-state index in [2.05, 4.69) is 51.9 Å². The van der Waals surface area contributed by atoms with Gasteiger partial charge in [-0.1, -0.05) is 48.5 Å². The third-order valence-corrected chi connectivity index (χ3v) is 6.78. The molecule has 3 heterocycles. The first-order valence-electron chi connectivity index (χ1n) is 12.4. The maximum Gasteiger partial charge on any atom is 0.222 e. The van der Waals surface area contributed by atoms with Gasteiger partial charge in [0.1, 0.15) is 11.4 Å². The lowest BCUT2D eigenvalue weighted by molar-refractivity contribution is -0.131. The van der Waals surface area contributed by atoms with Crippen molar-refractivity contribution in [1.82, 2.24) is 19.2 Å². The summed E-state index contributed by atoms with van der Waals surface area (Å²) in [7, 11) is 1.67. The van der Waals surface area contributed by atoms with Crippen molar-refractivity contribution in [3.05, 3.63) is 90.3 Å². The van der Waals surface area contributed by atoms with Crippen molar-refractivity contribution in [2.45, 2.75) is 25.8 Å². The van der Waals surface area contributed by atoms with E-state index in [0.29, 0.717) is 6.42 Å². The van der Waals surface area contributed by atoms with E-state index < -0.39 is 0 Å². The van der Waals surface area contributed by atoms with Crippen LogP contribution in [0.5, 0.6) is 5.75 Å². The Hall–Kier alpha value is -3.64. The summed E-state index contributed by atoms with van der Waals surface area (Å²) < 4.78 is 7.42. The van der Waals surface area contributed by atoms with Gasteiger partial charge in [-0.15, -0.1) is 0 Å². The lowest BCUT2D eigenvalue weighted by atomic mass is 10.1. The monoisotopic (exact) mass is 468 g/mol. The maximum absolute atomic E-state index is 13.0. The molecule has 1 aliphatic rings. The van der Waals surface area contributed by atoms with Crippen LogP contribution in [0.15, 0.2) is 79.0 Å². The molecule has 180 valence electrons. The van der Waals surface area contributed by atoms with Crippen LogP contribution in [0.25, 0.3) is 16.9 Å². The lowest BCUT2D eigenvalue weighted by Gasteiger charge is -2.22.